The van der Waals surface area contributed by atoms with E-state index in [4.69, 9.17) is 15.2 Å². The maximum absolute atomic E-state index is 11.2. The van der Waals surface area contributed by atoms with Crippen molar-refractivity contribution < 1.29 is 14.3 Å². The van der Waals surface area contributed by atoms with Gasteiger partial charge in [0.25, 0.3) is 0 Å². The Bertz CT molecular complexity index is 720. The van der Waals surface area contributed by atoms with Crippen LogP contribution < -0.4 is 15.8 Å². The third kappa shape index (κ3) is 4.73. The second-order valence-electron chi connectivity index (χ2n) is 6.59. The van der Waals surface area contributed by atoms with Crippen molar-refractivity contribution >= 4 is 11.6 Å². The van der Waals surface area contributed by atoms with E-state index in [1.165, 1.54) is 0 Å². The van der Waals surface area contributed by atoms with E-state index in [-0.39, 0.29) is 12.2 Å². The summed E-state index contributed by atoms with van der Waals surface area (Å²) >= 11 is 0. The van der Waals surface area contributed by atoms with Crippen LogP contribution in [-0.4, -0.2) is 24.2 Å². The Morgan fingerprint density at radius 3 is 2.40 bits per heavy atom. The van der Waals surface area contributed by atoms with E-state index in [0.29, 0.717) is 23.1 Å². The average molecular weight is 340 g/mol. The zero-order chi connectivity index (χ0) is 17.8. The molecule has 0 saturated carbocycles. The highest BCUT2D eigenvalue weighted by molar-refractivity contribution is 5.93. The van der Waals surface area contributed by atoms with Gasteiger partial charge in [-0.05, 0) is 69.2 Å². The van der Waals surface area contributed by atoms with Gasteiger partial charge in [-0.2, -0.15) is 0 Å². The lowest BCUT2D eigenvalue weighted by molar-refractivity contribution is -0.0337. The summed E-state index contributed by atoms with van der Waals surface area (Å²) in [7, 11) is 0. The van der Waals surface area contributed by atoms with Crippen molar-refractivity contribution in [1.29, 1.82) is 0 Å². The molecule has 5 heteroatoms. The maximum atomic E-state index is 11.2. The molecule has 1 amide bonds. The van der Waals surface area contributed by atoms with Crippen LogP contribution in [0.1, 0.15) is 37.0 Å². The first-order chi connectivity index (χ1) is 12.0. The van der Waals surface area contributed by atoms with Gasteiger partial charge in [-0.3, -0.25) is 4.79 Å². The summed E-state index contributed by atoms with van der Waals surface area (Å²) in [6.45, 7) is 4.23. The molecule has 3 rings (SSSR count). The molecule has 132 valence electrons. The molecule has 0 unspecified atom stereocenters. The topological polar surface area (TPSA) is 73.6 Å². The minimum Gasteiger partial charge on any atom is -0.457 e. The highest BCUT2D eigenvalue weighted by atomic mass is 16.5. The molecule has 2 aromatic carbocycles. The number of hydrogen-bond donors (Lipinski definition) is 2. The number of carbonyl (C=O) groups is 1. The fourth-order valence-electron chi connectivity index (χ4n) is 3.23. The number of amides is 1. The van der Waals surface area contributed by atoms with Crippen LogP contribution in [0.5, 0.6) is 11.5 Å². The molecule has 2 aromatic rings. The lowest BCUT2D eigenvalue weighted by Crippen LogP contribution is -2.36. The maximum Gasteiger partial charge on any atom is 0.248 e. The number of anilines is 1. The van der Waals surface area contributed by atoms with Crippen molar-refractivity contribution in [3.05, 3.63) is 54.1 Å². The molecular weight excluding hydrogens is 316 g/mol. The van der Waals surface area contributed by atoms with Crippen LogP contribution in [0.3, 0.4) is 0 Å². The van der Waals surface area contributed by atoms with Crippen LogP contribution in [0.2, 0.25) is 0 Å². The Morgan fingerprint density at radius 2 is 1.76 bits per heavy atom. The van der Waals surface area contributed by atoms with Gasteiger partial charge < -0.3 is 20.5 Å². The molecule has 0 bridgehead atoms. The molecule has 0 spiro atoms. The van der Waals surface area contributed by atoms with Gasteiger partial charge in [0.1, 0.15) is 11.5 Å². The molecule has 1 fully saturated rings. The van der Waals surface area contributed by atoms with Crippen LogP contribution in [-0.2, 0) is 4.74 Å². The normalized spacial score (nSPS) is 23.0. The van der Waals surface area contributed by atoms with Gasteiger partial charge in [-0.15, -0.1) is 0 Å². The van der Waals surface area contributed by atoms with Crippen molar-refractivity contribution in [2.24, 2.45) is 5.73 Å². The summed E-state index contributed by atoms with van der Waals surface area (Å²) in [5.41, 5.74) is 6.78. The van der Waals surface area contributed by atoms with Crippen molar-refractivity contribution in [1.82, 2.24) is 0 Å². The van der Waals surface area contributed by atoms with Gasteiger partial charge >= 0.3 is 0 Å². The SMILES string of the molecule is C[C@@H]1CC(Nc2ccc(Oc3cccc(C(N)=O)c3)cc2)C[C@@H](C)O1. The molecule has 2 atom stereocenters. The van der Waals surface area contributed by atoms with E-state index in [2.05, 4.69) is 19.2 Å². The average Bonchev–Trinajstić information content (AvgIpc) is 2.56. The van der Waals surface area contributed by atoms with Crippen molar-refractivity contribution in [2.45, 2.75) is 44.9 Å². The molecule has 1 aliphatic heterocycles. The molecule has 1 aliphatic rings. The van der Waals surface area contributed by atoms with Crippen LogP contribution in [0.15, 0.2) is 48.5 Å². The summed E-state index contributed by atoms with van der Waals surface area (Å²) in [6.07, 6.45) is 2.56. The van der Waals surface area contributed by atoms with E-state index in [9.17, 15) is 4.79 Å². The summed E-state index contributed by atoms with van der Waals surface area (Å²) in [5, 5.41) is 3.56. The third-order valence-corrected chi connectivity index (χ3v) is 4.28. The second-order valence-corrected chi connectivity index (χ2v) is 6.59. The Morgan fingerprint density at radius 1 is 1.08 bits per heavy atom. The minimum atomic E-state index is -0.468. The molecule has 0 aromatic heterocycles. The van der Waals surface area contributed by atoms with Gasteiger partial charge in [0.15, 0.2) is 0 Å². The van der Waals surface area contributed by atoms with Crippen molar-refractivity contribution in [3.63, 3.8) is 0 Å². The highest BCUT2D eigenvalue weighted by Gasteiger charge is 2.24. The summed E-state index contributed by atoms with van der Waals surface area (Å²) in [5.74, 6) is 0.829. The highest BCUT2D eigenvalue weighted by Crippen LogP contribution is 2.26. The van der Waals surface area contributed by atoms with Gasteiger partial charge in [0.05, 0.1) is 12.2 Å². The van der Waals surface area contributed by atoms with Crippen LogP contribution in [0, 0.1) is 0 Å². The number of benzene rings is 2. The lowest BCUT2D eigenvalue weighted by Gasteiger charge is -2.33. The van der Waals surface area contributed by atoms with Crippen molar-refractivity contribution in [2.75, 3.05) is 5.32 Å². The smallest absolute Gasteiger partial charge is 0.248 e. The molecule has 0 aliphatic carbocycles. The second kappa shape index (κ2) is 7.57. The Kier molecular flexibility index (Phi) is 5.24. The number of nitrogens with one attached hydrogen (secondary N) is 1. The van der Waals surface area contributed by atoms with Crippen LogP contribution in [0.4, 0.5) is 5.69 Å². The quantitative estimate of drug-likeness (QED) is 0.864. The van der Waals surface area contributed by atoms with Crippen LogP contribution >= 0.6 is 0 Å². The zero-order valence-electron chi connectivity index (χ0n) is 14.6. The van der Waals surface area contributed by atoms with Gasteiger partial charge in [0, 0.05) is 17.3 Å². The van der Waals surface area contributed by atoms with Crippen molar-refractivity contribution in [3.8, 4) is 11.5 Å². The lowest BCUT2D eigenvalue weighted by atomic mass is 9.99. The predicted molar refractivity (Wildman–Crippen MR) is 98.1 cm³/mol. The number of primary amides is 1. The first kappa shape index (κ1) is 17.3. The number of hydrogen-bond acceptors (Lipinski definition) is 4. The summed E-state index contributed by atoms with van der Waals surface area (Å²) in [4.78, 5) is 11.2. The fraction of sp³-hybridized carbons (Fsp3) is 0.350. The Balaban J connectivity index is 1.62. The van der Waals surface area contributed by atoms with E-state index in [1.807, 2.05) is 24.3 Å². The number of ether oxygens (including phenoxy) is 2. The number of nitrogens with two attached hydrogens (primary N) is 1. The van der Waals surface area contributed by atoms with Crippen LogP contribution in [0.25, 0.3) is 0 Å². The fourth-order valence-corrected chi connectivity index (χ4v) is 3.23. The summed E-state index contributed by atoms with van der Waals surface area (Å²) in [6, 6.07) is 15.1. The number of rotatable bonds is 5. The molecule has 1 saturated heterocycles. The Labute approximate surface area is 148 Å². The molecule has 3 N–H and O–H groups in total. The zero-order valence-corrected chi connectivity index (χ0v) is 14.6. The van der Waals surface area contributed by atoms with E-state index in [1.54, 1.807) is 24.3 Å². The van der Waals surface area contributed by atoms with E-state index in [0.717, 1.165) is 18.5 Å². The summed E-state index contributed by atoms with van der Waals surface area (Å²) < 4.78 is 11.6. The minimum absolute atomic E-state index is 0.279. The van der Waals surface area contributed by atoms with Gasteiger partial charge in [-0.1, -0.05) is 6.07 Å². The number of carbonyl (C=O) groups excluding carboxylic acids is 1. The van der Waals surface area contributed by atoms with E-state index >= 15 is 0 Å². The first-order valence-electron chi connectivity index (χ1n) is 8.59. The predicted octanol–water partition coefficient (Wildman–Crippen LogP) is 3.95. The third-order valence-electron chi connectivity index (χ3n) is 4.28. The van der Waals surface area contributed by atoms with Gasteiger partial charge in [0.2, 0.25) is 5.91 Å². The molecule has 0 radical (unpaired) electrons. The Hall–Kier alpha value is -2.53. The van der Waals surface area contributed by atoms with Gasteiger partial charge in [-0.25, -0.2) is 0 Å². The van der Waals surface area contributed by atoms with E-state index < -0.39 is 5.91 Å². The molecule has 25 heavy (non-hydrogen) atoms. The molecule has 1 heterocycles. The molecule has 5 nitrogen and oxygen atoms in total. The molecular formula is C20H24N2O3. The first-order valence-corrected chi connectivity index (χ1v) is 8.59. The largest absolute Gasteiger partial charge is 0.457 e. The monoisotopic (exact) mass is 340 g/mol. The standard InChI is InChI=1S/C20H24N2O3/c1-13-10-17(11-14(2)24-13)22-16-6-8-18(9-7-16)25-19-5-3-4-15(12-19)20(21)23/h3-9,12-14,17,22H,10-11H2,1-2H3,(H2,21,23)/t13-,14-/m1/s1.